The number of benzene rings is 13. The van der Waals surface area contributed by atoms with Crippen LogP contribution in [-0.4, -0.2) is 11.3 Å². The number of anilines is 9. The van der Waals surface area contributed by atoms with Gasteiger partial charge in [0.05, 0.1) is 16.7 Å². The van der Waals surface area contributed by atoms with Crippen LogP contribution >= 0.6 is 0 Å². The highest BCUT2D eigenvalue weighted by molar-refractivity contribution is 7.00. The van der Waals surface area contributed by atoms with E-state index in [1.165, 1.54) is 99.9 Å². The van der Waals surface area contributed by atoms with Crippen molar-refractivity contribution in [1.82, 2.24) is 4.57 Å². The zero-order chi connectivity index (χ0) is 68.3. The minimum atomic E-state index is -0.267. The Balaban J connectivity index is 1.01. The van der Waals surface area contributed by atoms with Gasteiger partial charge in [-0.3, -0.25) is 0 Å². The molecule has 1 aromatic heterocycles. The van der Waals surface area contributed by atoms with Crippen LogP contribution in [0.15, 0.2) is 297 Å². The van der Waals surface area contributed by atoms with Crippen LogP contribution in [-0.2, 0) is 21.7 Å². The largest absolute Gasteiger partial charge is 0.311 e. The summed E-state index contributed by atoms with van der Waals surface area (Å²) in [4.78, 5) is 7.69. The summed E-state index contributed by atoms with van der Waals surface area (Å²) >= 11 is 0. The molecule has 0 unspecified atom stereocenters. The van der Waals surface area contributed by atoms with Crippen molar-refractivity contribution in [3.05, 3.63) is 320 Å². The summed E-state index contributed by atoms with van der Waals surface area (Å²) < 4.78 is 2.51. The summed E-state index contributed by atoms with van der Waals surface area (Å²) in [7, 11) is 0. The third-order valence-electron chi connectivity index (χ3n) is 20.7. The Hall–Kier alpha value is -10.9. The van der Waals surface area contributed by atoms with Crippen LogP contribution < -0.4 is 31.1 Å². The third-order valence-corrected chi connectivity index (χ3v) is 20.7. The topological polar surface area (TPSA) is 14.7 Å². The van der Waals surface area contributed by atoms with Crippen molar-refractivity contribution in [2.24, 2.45) is 0 Å². The van der Waals surface area contributed by atoms with E-state index >= 15 is 0 Å². The number of nitrogens with zero attached hydrogens (tertiary/aromatic N) is 4. The first-order valence-electron chi connectivity index (χ1n) is 35.3. The molecule has 0 fully saturated rings. The number of para-hydroxylation sites is 3. The second-order valence-electron chi connectivity index (χ2n) is 31.5. The van der Waals surface area contributed by atoms with Gasteiger partial charge in [0.1, 0.15) is 0 Å². The maximum Gasteiger partial charge on any atom is 0.252 e. The van der Waals surface area contributed by atoms with Crippen LogP contribution in [0.3, 0.4) is 0 Å². The molecule has 99 heavy (non-hydrogen) atoms. The number of rotatable bonds is 10. The minimum Gasteiger partial charge on any atom is -0.311 e. The molecule has 4 nitrogen and oxygen atoms in total. The van der Waals surface area contributed by atoms with E-state index in [1.807, 2.05) is 0 Å². The number of aromatic nitrogens is 1. The molecule has 0 radical (unpaired) electrons. The predicted octanol–water partition coefficient (Wildman–Crippen LogP) is 24.2. The molecular formula is C94H85BN4. The van der Waals surface area contributed by atoms with Crippen LogP contribution in [0.5, 0.6) is 0 Å². The number of fused-ring (bicyclic) bond motifs is 7. The molecule has 0 N–H and O–H groups in total. The van der Waals surface area contributed by atoms with Crippen LogP contribution in [0.25, 0.3) is 72.0 Å². The number of hydrogen-bond acceptors (Lipinski definition) is 3. The van der Waals surface area contributed by atoms with Gasteiger partial charge in [-0.2, -0.15) is 0 Å². The molecule has 16 rings (SSSR count). The van der Waals surface area contributed by atoms with Gasteiger partial charge in [-0.05, 0) is 208 Å². The Kier molecular flexibility index (Phi) is 15.2. The SMILES string of the molecule is CC(C)(C)c1cc(-c2ccc3c(c2)N(c2cc(-c4ccccc4)cc(-c4ccccc4)c2)c2cc(C(C)(C)C)cc4c2B3c2ccc(-n3c5ccccc5c5cc(N(c6ccccc6)c6ccccc6)ccc53)cc2N4c2ccc(C(C)(C)C)cc2-c2ccccc2)cc(C(C)(C)C)c1. The van der Waals surface area contributed by atoms with Gasteiger partial charge < -0.3 is 19.3 Å². The smallest absolute Gasteiger partial charge is 0.252 e. The van der Waals surface area contributed by atoms with Gasteiger partial charge >= 0.3 is 0 Å². The Morgan fingerprint density at radius 2 is 0.737 bits per heavy atom. The van der Waals surface area contributed by atoms with Crippen molar-refractivity contribution in [2.45, 2.75) is 105 Å². The van der Waals surface area contributed by atoms with E-state index in [0.29, 0.717) is 0 Å². The monoisotopic (exact) mass is 1280 g/mol. The lowest BCUT2D eigenvalue weighted by atomic mass is 9.33. The summed E-state index contributed by atoms with van der Waals surface area (Å²) in [6, 6.07) is 112. The van der Waals surface area contributed by atoms with E-state index in [0.717, 1.165) is 62.0 Å². The molecule has 2 aliphatic heterocycles. The molecule has 13 aromatic carbocycles. The van der Waals surface area contributed by atoms with Crippen molar-refractivity contribution in [2.75, 3.05) is 14.7 Å². The quantitative estimate of drug-likeness (QED) is 0.127. The van der Waals surface area contributed by atoms with Crippen molar-refractivity contribution in [1.29, 1.82) is 0 Å². The Bertz CT molecular complexity index is 5280. The molecule has 0 bridgehead atoms. The first-order chi connectivity index (χ1) is 47.6. The van der Waals surface area contributed by atoms with E-state index < -0.39 is 0 Å². The predicted molar refractivity (Wildman–Crippen MR) is 426 cm³/mol. The molecule has 5 heteroatoms. The molecular weight excluding hydrogens is 1200 g/mol. The van der Waals surface area contributed by atoms with Crippen molar-refractivity contribution in [3.8, 4) is 50.2 Å². The fourth-order valence-electron chi connectivity index (χ4n) is 15.3. The normalized spacial score (nSPS) is 13.0. The van der Waals surface area contributed by atoms with Gasteiger partial charge in [-0.15, -0.1) is 0 Å². The second-order valence-corrected chi connectivity index (χ2v) is 31.5. The van der Waals surface area contributed by atoms with Crippen LogP contribution in [0, 0.1) is 0 Å². The van der Waals surface area contributed by atoms with Gasteiger partial charge in [0.2, 0.25) is 0 Å². The van der Waals surface area contributed by atoms with E-state index in [-0.39, 0.29) is 28.4 Å². The Labute approximate surface area is 586 Å². The van der Waals surface area contributed by atoms with Crippen LogP contribution in [0.2, 0.25) is 0 Å². The van der Waals surface area contributed by atoms with E-state index in [4.69, 9.17) is 0 Å². The van der Waals surface area contributed by atoms with Gasteiger partial charge in [-0.25, -0.2) is 0 Å². The zero-order valence-corrected chi connectivity index (χ0v) is 59.2. The first-order valence-corrected chi connectivity index (χ1v) is 35.3. The highest BCUT2D eigenvalue weighted by Crippen LogP contribution is 2.52. The highest BCUT2D eigenvalue weighted by Gasteiger charge is 2.45. The Morgan fingerprint density at radius 1 is 0.263 bits per heavy atom. The third kappa shape index (κ3) is 11.3. The summed E-state index contributed by atoms with van der Waals surface area (Å²) in [5.41, 5.74) is 31.6. The van der Waals surface area contributed by atoms with E-state index in [1.54, 1.807) is 0 Å². The molecule has 3 heterocycles. The van der Waals surface area contributed by atoms with Gasteiger partial charge in [-0.1, -0.05) is 271 Å². The van der Waals surface area contributed by atoms with Gasteiger partial charge in [0.25, 0.3) is 6.71 Å². The molecule has 2 aliphatic rings. The molecule has 0 atom stereocenters. The van der Waals surface area contributed by atoms with Crippen molar-refractivity contribution in [3.63, 3.8) is 0 Å². The van der Waals surface area contributed by atoms with Crippen molar-refractivity contribution < 1.29 is 0 Å². The molecule has 0 amide bonds. The van der Waals surface area contributed by atoms with Crippen molar-refractivity contribution >= 4 is 96.1 Å². The molecule has 0 saturated carbocycles. The highest BCUT2D eigenvalue weighted by atomic mass is 15.2. The van der Waals surface area contributed by atoms with E-state index in [9.17, 15) is 0 Å². The fraction of sp³-hybridized carbons (Fsp3) is 0.170. The zero-order valence-electron chi connectivity index (χ0n) is 59.2. The summed E-state index contributed by atoms with van der Waals surface area (Å²) in [5.74, 6) is 0. The lowest BCUT2D eigenvalue weighted by molar-refractivity contribution is 0.569. The van der Waals surface area contributed by atoms with Crippen LogP contribution in [0.1, 0.15) is 105 Å². The average molecular weight is 1280 g/mol. The minimum absolute atomic E-state index is 0.0707. The Morgan fingerprint density at radius 3 is 1.30 bits per heavy atom. The molecule has 0 saturated heterocycles. The van der Waals surface area contributed by atoms with Gasteiger partial charge in [0.15, 0.2) is 0 Å². The van der Waals surface area contributed by atoms with E-state index in [2.05, 4.69) is 400 Å². The second kappa shape index (κ2) is 24.0. The van der Waals surface area contributed by atoms with Gasteiger partial charge in [0, 0.05) is 67.5 Å². The molecule has 0 spiro atoms. The molecule has 0 aliphatic carbocycles. The average Bonchev–Trinajstić information content (AvgIpc) is 1.08. The summed E-state index contributed by atoms with van der Waals surface area (Å²) in [5, 5.41) is 2.39. The molecule has 14 aromatic rings. The fourth-order valence-corrected chi connectivity index (χ4v) is 15.3. The number of hydrogen-bond donors (Lipinski definition) is 0. The first kappa shape index (κ1) is 62.9. The molecule has 484 valence electrons. The summed E-state index contributed by atoms with van der Waals surface area (Å²) in [6.07, 6.45) is 0. The lowest BCUT2D eigenvalue weighted by Crippen LogP contribution is -2.61. The summed E-state index contributed by atoms with van der Waals surface area (Å²) in [6.45, 7) is 28.1. The maximum atomic E-state index is 2.67. The maximum absolute atomic E-state index is 2.67. The lowest BCUT2D eigenvalue weighted by Gasteiger charge is -2.46. The van der Waals surface area contributed by atoms with Crippen LogP contribution in [0.4, 0.5) is 51.2 Å². The standard InChI is InChI=1S/C94H85BN4/c1-91(2,3)69-43-48-84(79(57-69)64-34-22-15-23-35-64)99-87-61-76(97-83-41-29-28-40-78(83)80-60-75(45-49-85(80)97)96(73-36-24-16-25-37-73)74-38-26-17-27-39-74)44-47-82(87)95-81-46-42-65(68-51-70(92(4,5)6)56-71(52-68)93(7,8)9)55-86(81)98(88-58-72(94(10,11)12)59-89(99)90(88)95)77-53-66(62-30-18-13-19-31-62)50-67(54-77)63-32-20-14-21-33-63/h13-61H,1-12H3.